The molecule has 0 saturated heterocycles. The average molecular weight is 470 g/mol. The molecule has 1 aliphatic rings. The van der Waals surface area contributed by atoms with Gasteiger partial charge < -0.3 is 15.2 Å². The van der Waals surface area contributed by atoms with Crippen LogP contribution in [-0.2, 0) is 23.0 Å². The highest BCUT2D eigenvalue weighted by Gasteiger charge is 2.30. The summed E-state index contributed by atoms with van der Waals surface area (Å²) in [7, 11) is 1.74. The Morgan fingerprint density at radius 1 is 1.17 bits per heavy atom. The number of nitrogens with one attached hydrogen (secondary N) is 1. The van der Waals surface area contributed by atoms with Crippen LogP contribution >= 0.6 is 15.9 Å². The van der Waals surface area contributed by atoms with Gasteiger partial charge in [-0.1, -0.05) is 48.5 Å². The fourth-order valence-corrected chi connectivity index (χ4v) is 4.36. The van der Waals surface area contributed by atoms with E-state index in [9.17, 15) is 14.7 Å². The van der Waals surface area contributed by atoms with E-state index in [1.807, 2.05) is 36.4 Å². The Morgan fingerprint density at radius 2 is 1.77 bits per heavy atom. The van der Waals surface area contributed by atoms with Crippen molar-refractivity contribution >= 4 is 28.0 Å². The summed E-state index contributed by atoms with van der Waals surface area (Å²) in [5.74, 6) is -1.24. The van der Waals surface area contributed by atoms with Gasteiger partial charge >= 0.3 is 12.1 Å². The van der Waals surface area contributed by atoms with E-state index in [1.165, 1.54) is 0 Å². The first-order valence-corrected chi connectivity index (χ1v) is 10.3. The molecule has 1 atom stereocenters. The van der Waals surface area contributed by atoms with Gasteiger partial charge in [-0.05, 0) is 38.2 Å². The van der Waals surface area contributed by atoms with E-state index in [1.54, 1.807) is 17.9 Å². The number of hydrogen-bond donors (Lipinski definition) is 2. The Balaban J connectivity index is 1.44. The fourth-order valence-electron chi connectivity index (χ4n) is 3.82. The molecule has 7 nitrogen and oxygen atoms in total. The lowest BCUT2D eigenvalue weighted by molar-refractivity contribution is -0.139. The second kappa shape index (κ2) is 8.31. The third-order valence-corrected chi connectivity index (χ3v) is 5.85. The Kier molecular flexibility index (Phi) is 5.59. The molecular weight excluding hydrogens is 450 g/mol. The van der Waals surface area contributed by atoms with Crippen LogP contribution in [0.15, 0.2) is 59.2 Å². The van der Waals surface area contributed by atoms with Crippen LogP contribution in [0.2, 0.25) is 0 Å². The van der Waals surface area contributed by atoms with Crippen molar-refractivity contribution in [3.63, 3.8) is 0 Å². The van der Waals surface area contributed by atoms with E-state index >= 15 is 0 Å². The maximum atomic E-state index is 12.4. The van der Waals surface area contributed by atoms with Gasteiger partial charge in [-0.25, -0.2) is 9.59 Å². The molecule has 1 unspecified atom stereocenters. The summed E-state index contributed by atoms with van der Waals surface area (Å²) >= 11 is 3.35. The second-order valence-electron chi connectivity index (χ2n) is 7.16. The van der Waals surface area contributed by atoms with Crippen LogP contribution in [0.25, 0.3) is 11.1 Å². The third-order valence-electron chi connectivity index (χ3n) is 5.19. The molecule has 1 aliphatic carbocycles. The maximum Gasteiger partial charge on any atom is 0.407 e. The monoisotopic (exact) mass is 469 g/mol. The highest BCUT2D eigenvalue weighted by Crippen LogP contribution is 2.44. The summed E-state index contributed by atoms with van der Waals surface area (Å²) in [6, 6.07) is 14.9. The van der Waals surface area contributed by atoms with Gasteiger partial charge in [-0.3, -0.25) is 4.68 Å². The smallest absolute Gasteiger partial charge is 0.407 e. The molecule has 3 aromatic rings. The number of benzene rings is 2. The number of aliphatic carboxylic acids is 1. The number of amides is 1. The lowest BCUT2D eigenvalue weighted by Gasteiger charge is -2.17. The number of carbonyl (C=O) groups excluding carboxylic acids is 1. The van der Waals surface area contributed by atoms with Crippen LogP contribution in [0, 0.1) is 0 Å². The highest BCUT2D eigenvalue weighted by molar-refractivity contribution is 9.10. The topological polar surface area (TPSA) is 93.5 Å². The number of halogens is 1. The van der Waals surface area contributed by atoms with Gasteiger partial charge in [0.2, 0.25) is 0 Å². The number of aromatic nitrogens is 2. The number of carbonyl (C=O) groups is 2. The molecule has 154 valence electrons. The molecule has 0 spiro atoms. The van der Waals surface area contributed by atoms with Gasteiger partial charge in [0.15, 0.2) is 0 Å². The Bertz CT molecular complexity index is 1070. The minimum absolute atomic E-state index is 0.0426. The van der Waals surface area contributed by atoms with Crippen molar-refractivity contribution < 1.29 is 19.4 Å². The summed E-state index contributed by atoms with van der Waals surface area (Å²) in [5, 5.41) is 16.2. The van der Waals surface area contributed by atoms with Gasteiger partial charge in [-0.15, -0.1) is 0 Å². The minimum atomic E-state index is -1.15. The molecule has 2 N–H and O–H groups in total. The first kappa shape index (κ1) is 20.2. The molecule has 30 heavy (non-hydrogen) atoms. The van der Waals surface area contributed by atoms with Crippen LogP contribution in [0.1, 0.15) is 22.7 Å². The number of ether oxygens (including phenoxy) is 1. The van der Waals surface area contributed by atoms with E-state index in [4.69, 9.17) is 4.74 Å². The number of aryl methyl sites for hydroxylation is 1. The van der Waals surface area contributed by atoms with Crippen molar-refractivity contribution in [2.24, 2.45) is 7.05 Å². The first-order valence-electron chi connectivity index (χ1n) is 9.46. The largest absolute Gasteiger partial charge is 0.480 e. The lowest BCUT2D eigenvalue weighted by atomic mass is 9.98. The standard InChI is InChI=1S/C22H20BrN3O4/c1-26-11-18(23)19(25-26)10-20(21(27)28)24-22(29)30-12-17-15-8-4-2-6-13(15)14-7-3-5-9-16(14)17/h2-9,11,17,20H,10,12H2,1H3,(H,24,29)(H,27,28). The van der Waals surface area contributed by atoms with E-state index < -0.39 is 18.1 Å². The Morgan fingerprint density at radius 3 is 2.30 bits per heavy atom. The van der Waals surface area contributed by atoms with Crippen molar-refractivity contribution in [1.82, 2.24) is 15.1 Å². The van der Waals surface area contributed by atoms with E-state index in [0.717, 1.165) is 22.3 Å². The Labute approximate surface area is 181 Å². The zero-order chi connectivity index (χ0) is 21.3. The summed E-state index contributed by atoms with van der Waals surface area (Å²) in [6.07, 6.45) is 0.999. The van der Waals surface area contributed by atoms with Crippen LogP contribution in [0.3, 0.4) is 0 Å². The summed E-state index contributed by atoms with van der Waals surface area (Å²) in [5.41, 5.74) is 5.00. The zero-order valence-corrected chi connectivity index (χ0v) is 17.8. The Hall–Kier alpha value is -3.13. The number of fused-ring (bicyclic) bond motifs is 3. The predicted molar refractivity (Wildman–Crippen MR) is 114 cm³/mol. The number of rotatable bonds is 6. The molecule has 0 saturated carbocycles. The van der Waals surface area contributed by atoms with Crippen LogP contribution in [-0.4, -0.2) is 39.6 Å². The van der Waals surface area contributed by atoms with E-state index in [-0.39, 0.29) is 18.9 Å². The predicted octanol–water partition coefficient (Wildman–Crippen LogP) is 3.72. The van der Waals surface area contributed by atoms with Crippen LogP contribution in [0.4, 0.5) is 4.79 Å². The molecule has 1 amide bonds. The molecule has 1 heterocycles. The van der Waals surface area contributed by atoms with Gasteiger partial charge in [0, 0.05) is 25.6 Å². The number of hydrogen-bond acceptors (Lipinski definition) is 4. The van der Waals surface area contributed by atoms with Gasteiger partial charge in [0.25, 0.3) is 0 Å². The average Bonchev–Trinajstić information content (AvgIpc) is 3.22. The molecule has 2 aromatic carbocycles. The molecule has 4 rings (SSSR count). The van der Waals surface area contributed by atoms with Crippen molar-refractivity contribution in [2.75, 3.05) is 6.61 Å². The molecule has 0 radical (unpaired) electrons. The molecule has 0 aliphatic heterocycles. The maximum absolute atomic E-state index is 12.4. The number of carboxylic acids is 1. The highest BCUT2D eigenvalue weighted by atomic mass is 79.9. The molecular formula is C22H20BrN3O4. The van der Waals surface area contributed by atoms with E-state index in [0.29, 0.717) is 10.2 Å². The van der Waals surface area contributed by atoms with Gasteiger partial charge in [-0.2, -0.15) is 5.10 Å². The first-order chi connectivity index (χ1) is 14.4. The van der Waals surface area contributed by atoms with Gasteiger partial charge in [0.1, 0.15) is 12.6 Å². The number of carboxylic acid groups (broad SMARTS) is 1. The third kappa shape index (κ3) is 3.95. The zero-order valence-electron chi connectivity index (χ0n) is 16.2. The summed E-state index contributed by atoms with van der Waals surface area (Å²) < 4.78 is 7.70. The lowest BCUT2D eigenvalue weighted by Crippen LogP contribution is -2.43. The van der Waals surface area contributed by atoms with Crippen molar-refractivity contribution in [3.05, 3.63) is 76.0 Å². The van der Waals surface area contributed by atoms with Crippen molar-refractivity contribution in [1.29, 1.82) is 0 Å². The number of alkyl carbamates (subject to hydrolysis) is 1. The normalized spacial score (nSPS) is 13.4. The second-order valence-corrected chi connectivity index (χ2v) is 8.02. The van der Waals surface area contributed by atoms with Crippen LogP contribution in [0.5, 0.6) is 0 Å². The molecule has 8 heteroatoms. The van der Waals surface area contributed by atoms with Gasteiger partial charge in [0.05, 0.1) is 10.2 Å². The molecule has 0 bridgehead atoms. The SMILES string of the molecule is Cn1cc(Br)c(CC(NC(=O)OCC2c3ccccc3-c3ccccc32)C(=O)O)n1. The minimum Gasteiger partial charge on any atom is -0.480 e. The van der Waals surface area contributed by atoms with Crippen molar-refractivity contribution in [3.8, 4) is 11.1 Å². The molecule has 1 aromatic heterocycles. The van der Waals surface area contributed by atoms with Crippen molar-refractivity contribution in [2.45, 2.75) is 18.4 Å². The molecule has 0 fully saturated rings. The summed E-state index contributed by atoms with van der Waals surface area (Å²) in [6.45, 7) is 0.124. The van der Waals surface area contributed by atoms with E-state index in [2.05, 4.69) is 38.5 Å². The number of nitrogens with zero attached hydrogens (tertiary/aromatic N) is 2. The fraction of sp³-hybridized carbons (Fsp3) is 0.227. The quantitative estimate of drug-likeness (QED) is 0.573. The summed E-state index contributed by atoms with van der Waals surface area (Å²) in [4.78, 5) is 24.0. The van der Waals surface area contributed by atoms with Crippen LogP contribution < -0.4 is 5.32 Å².